The van der Waals surface area contributed by atoms with E-state index in [9.17, 15) is 0 Å². The summed E-state index contributed by atoms with van der Waals surface area (Å²) in [4.78, 5) is 1.11. The number of aryl methyl sites for hydroxylation is 1. The molecule has 0 radical (unpaired) electrons. The first-order valence-electron chi connectivity index (χ1n) is 6.19. The number of nitrogens with two attached hydrogens (primary N) is 1. The lowest BCUT2D eigenvalue weighted by atomic mass is 10.2. The van der Waals surface area contributed by atoms with E-state index in [0.717, 1.165) is 10.6 Å². The molecule has 0 saturated carbocycles. The average Bonchev–Trinajstić information content (AvgIpc) is 3.08. The summed E-state index contributed by atoms with van der Waals surface area (Å²) in [5.41, 5.74) is 7.71. The maximum atomic E-state index is 5.80. The van der Waals surface area contributed by atoms with Gasteiger partial charge in [0, 0.05) is 10.6 Å². The zero-order valence-electron chi connectivity index (χ0n) is 11.2. The van der Waals surface area contributed by atoms with Crippen molar-refractivity contribution in [1.82, 2.24) is 10.2 Å². The molecule has 0 amide bonds. The van der Waals surface area contributed by atoms with Crippen LogP contribution < -0.4 is 5.73 Å². The standard InChI is InChI=1S/C14H12BrN3O2S/c1-8-2-3-9(16)6-11(8)21-7-13-17-18-14(20-13)10-4-5-12(15)19-10/h2-6H,7,16H2,1H3. The molecule has 0 bridgehead atoms. The van der Waals surface area contributed by atoms with Gasteiger partial charge >= 0.3 is 0 Å². The molecular formula is C14H12BrN3O2S. The maximum Gasteiger partial charge on any atom is 0.283 e. The van der Waals surface area contributed by atoms with Gasteiger partial charge in [0.15, 0.2) is 10.4 Å². The second-order valence-electron chi connectivity index (χ2n) is 4.42. The van der Waals surface area contributed by atoms with E-state index in [1.807, 2.05) is 25.1 Å². The van der Waals surface area contributed by atoms with Crippen LogP contribution in [0, 0.1) is 6.92 Å². The molecule has 0 spiro atoms. The van der Waals surface area contributed by atoms with Crippen LogP contribution in [0.25, 0.3) is 11.7 Å². The van der Waals surface area contributed by atoms with Crippen molar-refractivity contribution in [2.75, 3.05) is 5.73 Å². The Morgan fingerprint density at radius 2 is 2.05 bits per heavy atom. The Morgan fingerprint density at radius 3 is 2.81 bits per heavy atom. The third-order valence-corrected chi connectivity index (χ3v) is 4.38. The van der Waals surface area contributed by atoms with Gasteiger partial charge in [-0.1, -0.05) is 6.07 Å². The zero-order chi connectivity index (χ0) is 14.8. The van der Waals surface area contributed by atoms with Gasteiger partial charge in [-0.2, -0.15) is 0 Å². The average molecular weight is 366 g/mol. The third kappa shape index (κ3) is 3.30. The lowest BCUT2D eigenvalue weighted by Crippen LogP contribution is -1.88. The highest BCUT2D eigenvalue weighted by Crippen LogP contribution is 2.29. The molecule has 1 aromatic carbocycles. The number of aromatic nitrogens is 2. The van der Waals surface area contributed by atoms with Gasteiger partial charge in [-0.3, -0.25) is 0 Å². The lowest BCUT2D eigenvalue weighted by Gasteiger charge is -2.04. The number of rotatable bonds is 4. The summed E-state index contributed by atoms with van der Waals surface area (Å²) < 4.78 is 11.6. The molecule has 0 fully saturated rings. The van der Waals surface area contributed by atoms with Crippen molar-refractivity contribution in [2.45, 2.75) is 17.6 Å². The summed E-state index contributed by atoms with van der Waals surface area (Å²) in [6.45, 7) is 2.04. The van der Waals surface area contributed by atoms with E-state index in [1.54, 1.807) is 23.9 Å². The number of nitrogen functional groups attached to an aromatic ring is 1. The number of thioether (sulfide) groups is 1. The monoisotopic (exact) mass is 365 g/mol. The third-order valence-electron chi connectivity index (χ3n) is 2.81. The Kier molecular flexibility index (Phi) is 4.03. The van der Waals surface area contributed by atoms with Crippen LogP contribution in [0.1, 0.15) is 11.5 Å². The van der Waals surface area contributed by atoms with Crippen molar-refractivity contribution >= 4 is 33.4 Å². The van der Waals surface area contributed by atoms with Gasteiger partial charge in [0.1, 0.15) is 0 Å². The fourth-order valence-electron chi connectivity index (χ4n) is 1.75. The van der Waals surface area contributed by atoms with E-state index < -0.39 is 0 Å². The van der Waals surface area contributed by atoms with Crippen LogP contribution in [0.2, 0.25) is 0 Å². The predicted molar refractivity (Wildman–Crippen MR) is 84.9 cm³/mol. The zero-order valence-corrected chi connectivity index (χ0v) is 13.6. The van der Waals surface area contributed by atoms with Crippen LogP contribution in [-0.4, -0.2) is 10.2 Å². The number of nitrogens with zero attached hydrogens (tertiary/aromatic N) is 2. The van der Waals surface area contributed by atoms with Crippen molar-refractivity contribution in [1.29, 1.82) is 0 Å². The van der Waals surface area contributed by atoms with E-state index >= 15 is 0 Å². The van der Waals surface area contributed by atoms with Crippen LogP contribution in [-0.2, 0) is 5.75 Å². The van der Waals surface area contributed by atoms with Gasteiger partial charge in [0.05, 0.1) is 5.75 Å². The topological polar surface area (TPSA) is 78.1 Å². The quantitative estimate of drug-likeness (QED) is 0.549. The number of furan rings is 1. The molecule has 0 atom stereocenters. The van der Waals surface area contributed by atoms with Gasteiger partial charge in [-0.15, -0.1) is 22.0 Å². The largest absolute Gasteiger partial charge is 0.444 e. The van der Waals surface area contributed by atoms with Crippen molar-refractivity contribution < 1.29 is 8.83 Å². The van der Waals surface area contributed by atoms with Crippen molar-refractivity contribution in [2.24, 2.45) is 0 Å². The smallest absolute Gasteiger partial charge is 0.283 e. The summed E-state index contributed by atoms with van der Waals surface area (Å²) >= 11 is 4.85. The highest BCUT2D eigenvalue weighted by atomic mass is 79.9. The first-order chi connectivity index (χ1) is 10.1. The Balaban J connectivity index is 1.71. The van der Waals surface area contributed by atoms with Crippen LogP contribution in [0.15, 0.2) is 48.7 Å². The summed E-state index contributed by atoms with van der Waals surface area (Å²) in [5.74, 6) is 2.05. The summed E-state index contributed by atoms with van der Waals surface area (Å²) in [5, 5.41) is 8.01. The van der Waals surface area contributed by atoms with Gasteiger partial charge < -0.3 is 14.6 Å². The van der Waals surface area contributed by atoms with Gasteiger partial charge in [0.2, 0.25) is 5.89 Å². The molecule has 3 rings (SSSR count). The van der Waals surface area contributed by atoms with Crippen molar-refractivity contribution in [3.8, 4) is 11.7 Å². The molecule has 2 aromatic heterocycles. The van der Waals surface area contributed by atoms with Gasteiger partial charge in [-0.05, 0) is 52.7 Å². The van der Waals surface area contributed by atoms with E-state index in [-0.39, 0.29) is 0 Å². The van der Waals surface area contributed by atoms with Crippen LogP contribution in [0.5, 0.6) is 0 Å². The van der Waals surface area contributed by atoms with E-state index in [1.165, 1.54) is 5.56 Å². The Hall–Kier alpha value is -1.73. The Labute approximate surface area is 134 Å². The molecule has 0 aliphatic rings. The second kappa shape index (κ2) is 5.95. The highest BCUT2D eigenvalue weighted by Gasteiger charge is 2.12. The van der Waals surface area contributed by atoms with Crippen molar-refractivity contribution in [3.05, 3.63) is 46.5 Å². The summed E-state index contributed by atoms with van der Waals surface area (Å²) in [7, 11) is 0. The highest BCUT2D eigenvalue weighted by molar-refractivity contribution is 9.10. The Bertz CT molecular complexity index is 769. The first-order valence-corrected chi connectivity index (χ1v) is 7.97. The molecule has 21 heavy (non-hydrogen) atoms. The lowest BCUT2D eigenvalue weighted by molar-refractivity contribution is 0.486. The number of benzene rings is 1. The van der Waals surface area contributed by atoms with E-state index in [4.69, 9.17) is 14.6 Å². The molecule has 7 heteroatoms. The predicted octanol–water partition coefficient (Wildman–Crippen LogP) is 4.28. The number of hydrogen-bond acceptors (Lipinski definition) is 6. The fourth-order valence-corrected chi connectivity index (χ4v) is 2.97. The van der Waals surface area contributed by atoms with Gasteiger partial charge in [0.25, 0.3) is 5.89 Å². The molecule has 5 nitrogen and oxygen atoms in total. The molecule has 108 valence electrons. The maximum absolute atomic E-state index is 5.80. The second-order valence-corrected chi connectivity index (χ2v) is 6.22. The van der Waals surface area contributed by atoms with E-state index in [0.29, 0.717) is 28.0 Å². The van der Waals surface area contributed by atoms with Crippen molar-refractivity contribution in [3.63, 3.8) is 0 Å². The molecule has 2 N–H and O–H groups in total. The molecule has 0 saturated heterocycles. The molecule has 3 aromatic rings. The number of hydrogen-bond donors (Lipinski definition) is 1. The minimum atomic E-state index is 0.376. The minimum Gasteiger partial charge on any atom is -0.444 e. The van der Waals surface area contributed by atoms with E-state index in [2.05, 4.69) is 26.1 Å². The molecular weight excluding hydrogens is 354 g/mol. The molecule has 0 unspecified atom stereocenters. The molecule has 2 heterocycles. The fraction of sp³-hybridized carbons (Fsp3) is 0.143. The SMILES string of the molecule is Cc1ccc(N)cc1SCc1nnc(-c2ccc(Br)o2)o1. The normalized spacial score (nSPS) is 11.0. The van der Waals surface area contributed by atoms with Gasteiger partial charge in [-0.25, -0.2) is 0 Å². The van der Waals surface area contributed by atoms with Crippen LogP contribution in [0.4, 0.5) is 5.69 Å². The minimum absolute atomic E-state index is 0.376. The summed E-state index contributed by atoms with van der Waals surface area (Å²) in [6.07, 6.45) is 0. The Morgan fingerprint density at radius 1 is 1.19 bits per heavy atom. The summed E-state index contributed by atoms with van der Waals surface area (Å²) in [6, 6.07) is 9.39. The number of halogens is 1. The van der Waals surface area contributed by atoms with Crippen LogP contribution >= 0.6 is 27.7 Å². The number of anilines is 1. The molecule has 0 aliphatic heterocycles. The van der Waals surface area contributed by atoms with Crippen LogP contribution in [0.3, 0.4) is 0 Å². The first kappa shape index (κ1) is 14.2. The molecule has 0 aliphatic carbocycles.